The van der Waals surface area contributed by atoms with Crippen LogP contribution < -0.4 is 0 Å². The van der Waals surface area contributed by atoms with E-state index in [4.69, 9.17) is 11.6 Å². The zero-order valence-corrected chi connectivity index (χ0v) is 13.4. The molecule has 1 aromatic carbocycles. The van der Waals surface area contributed by atoms with Crippen LogP contribution in [-0.2, 0) is 15.9 Å². The Kier molecular flexibility index (Phi) is 5.22. The molecule has 1 fully saturated rings. The number of sulfonamides is 1. The van der Waals surface area contributed by atoms with Gasteiger partial charge in [0, 0.05) is 19.0 Å². The maximum Gasteiger partial charge on any atom is 0.246 e. The molecular formula is C14H18ClF2NO2S. The molecule has 21 heavy (non-hydrogen) atoms. The lowest BCUT2D eigenvalue weighted by Gasteiger charge is -2.21. The molecule has 0 bridgehead atoms. The Bertz CT molecular complexity index is 622. The lowest BCUT2D eigenvalue weighted by atomic mass is 10.0. The third-order valence-electron chi connectivity index (χ3n) is 3.80. The smallest absolute Gasteiger partial charge is 0.207 e. The Morgan fingerprint density at radius 1 is 1.29 bits per heavy atom. The first-order chi connectivity index (χ1) is 9.86. The average molecular weight is 338 g/mol. The molecule has 1 saturated heterocycles. The molecule has 1 heterocycles. The van der Waals surface area contributed by atoms with Gasteiger partial charge in [-0.3, -0.25) is 0 Å². The summed E-state index contributed by atoms with van der Waals surface area (Å²) in [7, 11) is -4.03. The molecule has 1 aliphatic heterocycles. The second kappa shape index (κ2) is 6.58. The minimum absolute atomic E-state index is 0.0727. The molecule has 3 nitrogen and oxygen atoms in total. The summed E-state index contributed by atoms with van der Waals surface area (Å²) in [4.78, 5) is -0.618. The molecule has 1 atom stereocenters. The molecule has 0 spiro atoms. The molecule has 1 aromatic rings. The Balaban J connectivity index is 2.41. The van der Waals surface area contributed by atoms with Crippen molar-refractivity contribution in [1.82, 2.24) is 4.31 Å². The number of benzene rings is 1. The van der Waals surface area contributed by atoms with Crippen molar-refractivity contribution in [3.05, 3.63) is 29.3 Å². The van der Waals surface area contributed by atoms with Crippen LogP contribution in [0, 0.1) is 17.6 Å². The summed E-state index contributed by atoms with van der Waals surface area (Å²) >= 11 is 5.61. The van der Waals surface area contributed by atoms with Crippen molar-refractivity contribution in [3.63, 3.8) is 0 Å². The van der Waals surface area contributed by atoms with Gasteiger partial charge in [0.25, 0.3) is 0 Å². The van der Waals surface area contributed by atoms with E-state index in [9.17, 15) is 17.2 Å². The van der Waals surface area contributed by atoms with Gasteiger partial charge in [-0.05, 0) is 42.9 Å². The van der Waals surface area contributed by atoms with Crippen molar-refractivity contribution >= 4 is 21.6 Å². The number of alkyl halides is 1. The van der Waals surface area contributed by atoms with Crippen LogP contribution in [0.3, 0.4) is 0 Å². The zero-order valence-electron chi connectivity index (χ0n) is 11.8. The highest BCUT2D eigenvalue weighted by Gasteiger charge is 2.30. The predicted octanol–water partition coefficient (Wildman–Crippen LogP) is 3.51. The first kappa shape index (κ1) is 16.6. The molecule has 0 radical (unpaired) electrons. The van der Waals surface area contributed by atoms with Gasteiger partial charge < -0.3 is 0 Å². The molecule has 0 saturated carbocycles. The van der Waals surface area contributed by atoms with Gasteiger partial charge >= 0.3 is 0 Å². The van der Waals surface area contributed by atoms with Crippen LogP contribution in [0.1, 0.15) is 31.7 Å². The highest BCUT2D eigenvalue weighted by molar-refractivity contribution is 7.89. The lowest BCUT2D eigenvalue weighted by Crippen LogP contribution is -2.33. The Morgan fingerprint density at radius 2 is 2.00 bits per heavy atom. The summed E-state index contributed by atoms with van der Waals surface area (Å²) in [5, 5.41) is 0. The van der Waals surface area contributed by atoms with Crippen LogP contribution in [-0.4, -0.2) is 25.8 Å². The molecule has 118 valence electrons. The fraction of sp³-hybridized carbons (Fsp3) is 0.571. The third kappa shape index (κ3) is 3.55. The first-order valence-electron chi connectivity index (χ1n) is 6.90. The number of halogens is 3. The molecule has 0 N–H and O–H groups in total. The second-order valence-electron chi connectivity index (χ2n) is 5.46. The van der Waals surface area contributed by atoms with Gasteiger partial charge in [0.1, 0.15) is 4.90 Å². The Labute approximate surface area is 129 Å². The van der Waals surface area contributed by atoms with Crippen LogP contribution in [0.25, 0.3) is 0 Å². The van der Waals surface area contributed by atoms with Crippen LogP contribution >= 0.6 is 11.6 Å². The van der Waals surface area contributed by atoms with Gasteiger partial charge in [0.15, 0.2) is 11.6 Å². The third-order valence-corrected chi connectivity index (χ3v) is 6.01. The van der Waals surface area contributed by atoms with E-state index in [1.165, 1.54) is 4.31 Å². The van der Waals surface area contributed by atoms with Gasteiger partial charge in [-0.2, -0.15) is 4.31 Å². The molecule has 7 heteroatoms. The largest absolute Gasteiger partial charge is 0.246 e. The van der Waals surface area contributed by atoms with Gasteiger partial charge in [0.2, 0.25) is 10.0 Å². The molecular weight excluding hydrogens is 320 g/mol. The van der Waals surface area contributed by atoms with Crippen LogP contribution in [0.4, 0.5) is 8.78 Å². The van der Waals surface area contributed by atoms with Crippen LogP contribution in [0.15, 0.2) is 17.0 Å². The molecule has 1 unspecified atom stereocenters. The minimum atomic E-state index is -4.03. The lowest BCUT2D eigenvalue weighted by molar-refractivity contribution is 0.409. The van der Waals surface area contributed by atoms with E-state index in [1.54, 1.807) is 0 Å². The number of hydrogen-bond donors (Lipinski definition) is 0. The Hall–Kier alpha value is -0.720. The van der Waals surface area contributed by atoms with E-state index >= 15 is 0 Å². The van der Waals surface area contributed by atoms with Crippen molar-refractivity contribution in [2.75, 3.05) is 13.1 Å². The van der Waals surface area contributed by atoms with Crippen molar-refractivity contribution in [3.8, 4) is 0 Å². The average Bonchev–Trinajstić information content (AvgIpc) is 2.66. The number of rotatable bonds is 3. The number of hydrogen-bond acceptors (Lipinski definition) is 2. The summed E-state index contributed by atoms with van der Waals surface area (Å²) in [6.45, 7) is 2.72. The molecule has 0 amide bonds. The van der Waals surface area contributed by atoms with E-state index in [0.29, 0.717) is 19.0 Å². The van der Waals surface area contributed by atoms with Gasteiger partial charge in [-0.1, -0.05) is 6.92 Å². The fourth-order valence-electron chi connectivity index (χ4n) is 2.50. The van der Waals surface area contributed by atoms with Gasteiger partial charge in [0.05, 0.1) is 0 Å². The SMILES string of the molecule is CC1CCCN(S(=O)(=O)c2cc(CCl)cc(F)c2F)CC1. The quantitative estimate of drug-likeness (QED) is 0.791. The van der Waals surface area contributed by atoms with E-state index in [2.05, 4.69) is 6.92 Å². The Morgan fingerprint density at radius 3 is 2.67 bits per heavy atom. The predicted molar refractivity (Wildman–Crippen MR) is 77.7 cm³/mol. The monoisotopic (exact) mass is 337 g/mol. The maximum absolute atomic E-state index is 13.9. The van der Waals surface area contributed by atoms with E-state index in [1.807, 2.05) is 0 Å². The highest BCUT2D eigenvalue weighted by Crippen LogP contribution is 2.27. The summed E-state index contributed by atoms with van der Waals surface area (Å²) < 4.78 is 53.8. The second-order valence-corrected chi connectivity index (χ2v) is 7.64. The van der Waals surface area contributed by atoms with Crippen LogP contribution in [0.5, 0.6) is 0 Å². The van der Waals surface area contributed by atoms with E-state index in [-0.39, 0.29) is 11.4 Å². The topological polar surface area (TPSA) is 37.4 Å². The summed E-state index contributed by atoms with van der Waals surface area (Å²) in [6.07, 6.45) is 2.38. The van der Waals surface area contributed by atoms with E-state index < -0.39 is 26.6 Å². The standard InChI is InChI=1S/C14H18ClF2NO2S/c1-10-3-2-5-18(6-4-10)21(19,20)13-8-11(9-15)7-12(16)14(13)17/h7-8,10H,2-6,9H2,1H3. The number of nitrogens with zero attached hydrogens (tertiary/aromatic N) is 1. The van der Waals surface area contributed by atoms with Crippen molar-refractivity contribution in [2.45, 2.75) is 37.0 Å². The summed E-state index contributed by atoms with van der Waals surface area (Å²) in [5.41, 5.74) is 0.248. The van der Waals surface area contributed by atoms with Crippen molar-refractivity contribution < 1.29 is 17.2 Å². The molecule has 0 aromatic heterocycles. The van der Waals surface area contributed by atoms with Crippen molar-refractivity contribution in [1.29, 1.82) is 0 Å². The summed E-state index contributed by atoms with van der Waals surface area (Å²) in [6, 6.07) is 2.04. The molecule has 1 aliphatic rings. The molecule has 0 aliphatic carbocycles. The van der Waals surface area contributed by atoms with Crippen molar-refractivity contribution in [2.24, 2.45) is 5.92 Å². The minimum Gasteiger partial charge on any atom is -0.207 e. The summed E-state index contributed by atoms with van der Waals surface area (Å²) in [5.74, 6) is -2.16. The zero-order chi connectivity index (χ0) is 15.6. The van der Waals surface area contributed by atoms with Gasteiger partial charge in [-0.15, -0.1) is 11.6 Å². The first-order valence-corrected chi connectivity index (χ1v) is 8.87. The maximum atomic E-state index is 13.9. The molecule has 2 rings (SSSR count). The van der Waals surface area contributed by atoms with Crippen LogP contribution in [0.2, 0.25) is 0 Å². The normalized spacial score (nSPS) is 21.2. The van der Waals surface area contributed by atoms with Gasteiger partial charge in [-0.25, -0.2) is 17.2 Å². The fourth-order valence-corrected chi connectivity index (χ4v) is 4.27. The van der Waals surface area contributed by atoms with E-state index in [0.717, 1.165) is 31.4 Å². The highest BCUT2D eigenvalue weighted by atomic mass is 35.5.